The fourth-order valence-corrected chi connectivity index (χ4v) is 3.06. The van der Waals surface area contributed by atoms with E-state index in [9.17, 15) is 8.42 Å². The van der Waals surface area contributed by atoms with Gasteiger partial charge in [-0.1, -0.05) is 30.3 Å². The van der Waals surface area contributed by atoms with Gasteiger partial charge in [-0.15, -0.1) is 0 Å². The number of benzene rings is 1. The van der Waals surface area contributed by atoms with Crippen molar-refractivity contribution in [3.63, 3.8) is 0 Å². The Hall–Kier alpha value is -2.45. The highest BCUT2D eigenvalue weighted by atomic mass is 32.2. The second kappa shape index (κ2) is 9.88. The first kappa shape index (κ1) is 19.9. The third-order valence-electron chi connectivity index (χ3n) is 3.59. The van der Waals surface area contributed by atoms with E-state index in [1.54, 1.807) is 12.3 Å². The molecule has 0 fully saturated rings. The molecule has 0 aliphatic rings. The minimum atomic E-state index is -3.29. The van der Waals surface area contributed by atoms with E-state index in [1.165, 1.54) is 7.05 Å². The first-order valence-electron chi connectivity index (χ1n) is 8.43. The van der Waals surface area contributed by atoms with Gasteiger partial charge in [0.15, 0.2) is 5.96 Å². The lowest BCUT2D eigenvalue weighted by molar-refractivity contribution is 0.587. The summed E-state index contributed by atoms with van der Waals surface area (Å²) in [6.45, 7) is 3.77. The van der Waals surface area contributed by atoms with Crippen molar-refractivity contribution >= 4 is 16.0 Å². The lowest BCUT2D eigenvalue weighted by Gasteiger charge is -2.11. The molecule has 3 N–H and O–H groups in total. The fraction of sp³-hybridized carbons (Fsp3) is 0.333. The molecule has 7 nitrogen and oxygen atoms in total. The van der Waals surface area contributed by atoms with Crippen LogP contribution in [0.2, 0.25) is 0 Å². The summed E-state index contributed by atoms with van der Waals surface area (Å²) in [4.78, 5) is 8.83. The highest BCUT2D eigenvalue weighted by Gasteiger charge is 2.08. The van der Waals surface area contributed by atoms with Crippen LogP contribution in [0.4, 0.5) is 0 Å². The molecule has 26 heavy (non-hydrogen) atoms. The van der Waals surface area contributed by atoms with E-state index in [0.717, 1.165) is 23.4 Å². The quantitative estimate of drug-likeness (QED) is 0.479. The molecule has 140 valence electrons. The largest absolute Gasteiger partial charge is 0.357 e. The van der Waals surface area contributed by atoms with Crippen LogP contribution in [0, 0.1) is 0 Å². The van der Waals surface area contributed by atoms with E-state index in [2.05, 4.69) is 25.3 Å². The number of hydrogen-bond acceptors (Lipinski definition) is 4. The average Bonchev–Trinajstić information content (AvgIpc) is 2.65. The molecular formula is C18H25N5O2S. The number of hydrogen-bond donors (Lipinski definition) is 3. The summed E-state index contributed by atoms with van der Waals surface area (Å²) in [5, 5.41) is 6.43. The SMILES string of the molecule is CCNC(=NCc1cccc(CS(=O)(=O)NC)c1)NCc1ccccn1. The third-order valence-corrected chi connectivity index (χ3v) is 4.92. The molecule has 1 heterocycles. The molecule has 0 unspecified atom stereocenters. The monoisotopic (exact) mass is 375 g/mol. The van der Waals surface area contributed by atoms with Crippen LogP contribution in [0.3, 0.4) is 0 Å². The smallest absolute Gasteiger partial charge is 0.215 e. The van der Waals surface area contributed by atoms with E-state index in [4.69, 9.17) is 0 Å². The summed E-state index contributed by atoms with van der Waals surface area (Å²) >= 11 is 0. The van der Waals surface area contributed by atoms with Gasteiger partial charge in [0.25, 0.3) is 0 Å². The van der Waals surface area contributed by atoms with Gasteiger partial charge in [-0.25, -0.2) is 18.1 Å². The predicted molar refractivity (Wildman–Crippen MR) is 104 cm³/mol. The Morgan fingerprint density at radius 3 is 2.62 bits per heavy atom. The van der Waals surface area contributed by atoms with E-state index in [1.807, 2.05) is 43.3 Å². The Morgan fingerprint density at radius 1 is 1.12 bits per heavy atom. The van der Waals surface area contributed by atoms with E-state index >= 15 is 0 Å². The van der Waals surface area contributed by atoms with Gasteiger partial charge >= 0.3 is 0 Å². The number of guanidine groups is 1. The molecule has 0 aliphatic carbocycles. The molecule has 8 heteroatoms. The number of sulfonamides is 1. The average molecular weight is 375 g/mol. The van der Waals surface area contributed by atoms with Crippen molar-refractivity contribution in [2.75, 3.05) is 13.6 Å². The summed E-state index contributed by atoms with van der Waals surface area (Å²) < 4.78 is 25.7. The van der Waals surface area contributed by atoms with Crippen LogP contribution in [0.15, 0.2) is 53.7 Å². The Labute approximate surface area is 155 Å². The zero-order chi connectivity index (χ0) is 18.8. The fourth-order valence-electron chi connectivity index (χ4n) is 2.30. The van der Waals surface area contributed by atoms with Gasteiger partial charge in [0.05, 0.1) is 24.5 Å². The van der Waals surface area contributed by atoms with Crippen molar-refractivity contribution in [2.24, 2.45) is 4.99 Å². The predicted octanol–water partition coefficient (Wildman–Crippen LogP) is 1.39. The highest BCUT2D eigenvalue weighted by Crippen LogP contribution is 2.09. The maximum atomic E-state index is 11.7. The highest BCUT2D eigenvalue weighted by molar-refractivity contribution is 7.88. The first-order valence-corrected chi connectivity index (χ1v) is 10.1. The minimum Gasteiger partial charge on any atom is -0.357 e. The van der Waals surface area contributed by atoms with E-state index < -0.39 is 10.0 Å². The van der Waals surface area contributed by atoms with Crippen LogP contribution in [0.5, 0.6) is 0 Å². The summed E-state index contributed by atoms with van der Waals surface area (Å²) in [5.74, 6) is 0.644. The zero-order valence-corrected chi connectivity index (χ0v) is 15.9. The van der Waals surface area contributed by atoms with E-state index in [0.29, 0.717) is 19.0 Å². The van der Waals surface area contributed by atoms with Crippen LogP contribution in [0.1, 0.15) is 23.7 Å². The second-order valence-electron chi connectivity index (χ2n) is 5.65. The van der Waals surface area contributed by atoms with Crippen LogP contribution < -0.4 is 15.4 Å². The molecule has 0 saturated heterocycles. The number of nitrogens with one attached hydrogen (secondary N) is 3. The first-order chi connectivity index (χ1) is 12.5. The molecule has 2 aromatic rings. The Morgan fingerprint density at radius 2 is 1.92 bits per heavy atom. The van der Waals surface area contributed by atoms with Gasteiger partial charge in [-0.05, 0) is 37.2 Å². The summed E-state index contributed by atoms with van der Waals surface area (Å²) in [6.07, 6.45) is 1.76. The van der Waals surface area contributed by atoms with Crippen molar-refractivity contribution in [1.29, 1.82) is 0 Å². The maximum absolute atomic E-state index is 11.7. The van der Waals surface area contributed by atoms with Crippen molar-refractivity contribution in [1.82, 2.24) is 20.3 Å². The van der Waals surface area contributed by atoms with Crippen LogP contribution in [-0.4, -0.2) is 33.0 Å². The lowest BCUT2D eigenvalue weighted by Crippen LogP contribution is -2.37. The van der Waals surface area contributed by atoms with Gasteiger partial charge in [-0.2, -0.15) is 0 Å². The second-order valence-corrected chi connectivity index (χ2v) is 7.58. The molecule has 0 amide bonds. The van der Waals surface area contributed by atoms with Gasteiger partial charge in [-0.3, -0.25) is 4.98 Å². The molecule has 0 aliphatic heterocycles. The normalized spacial score (nSPS) is 12.0. The van der Waals surface area contributed by atoms with Crippen molar-refractivity contribution in [3.05, 3.63) is 65.5 Å². The number of pyridine rings is 1. The number of aliphatic imine (C=N–C) groups is 1. The summed E-state index contributed by atoms with van der Waals surface area (Å²) in [7, 11) is -1.87. The molecule has 1 aromatic carbocycles. The Bertz CT molecular complexity index is 822. The Balaban J connectivity index is 2.02. The van der Waals surface area contributed by atoms with Crippen LogP contribution >= 0.6 is 0 Å². The summed E-state index contributed by atoms with van der Waals surface area (Å²) in [6, 6.07) is 13.2. The standard InChI is InChI=1S/C18H25N5O2S/c1-3-20-18(23-13-17-9-4-5-10-21-17)22-12-15-7-6-8-16(11-15)14-26(24,25)19-2/h4-11,19H,3,12-14H2,1-2H3,(H2,20,22,23). The topological polar surface area (TPSA) is 95.5 Å². The summed E-state index contributed by atoms with van der Waals surface area (Å²) in [5.41, 5.74) is 2.61. The van der Waals surface area contributed by atoms with Gasteiger partial charge in [0.1, 0.15) is 0 Å². The zero-order valence-electron chi connectivity index (χ0n) is 15.1. The van der Waals surface area contributed by atoms with Gasteiger partial charge < -0.3 is 10.6 Å². The van der Waals surface area contributed by atoms with Gasteiger partial charge in [0.2, 0.25) is 10.0 Å². The Kier molecular flexibility index (Phi) is 7.55. The lowest BCUT2D eigenvalue weighted by atomic mass is 10.1. The molecule has 0 saturated carbocycles. The van der Waals surface area contributed by atoms with Crippen LogP contribution in [-0.2, 0) is 28.9 Å². The number of nitrogens with zero attached hydrogens (tertiary/aromatic N) is 2. The van der Waals surface area contributed by atoms with Gasteiger partial charge in [0, 0.05) is 12.7 Å². The maximum Gasteiger partial charge on any atom is 0.215 e. The molecule has 0 bridgehead atoms. The van der Waals surface area contributed by atoms with E-state index in [-0.39, 0.29) is 5.75 Å². The van der Waals surface area contributed by atoms with Crippen molar-refractivity contribution < 1.29 is 8.42 Å². The minimum absolute atomic E-state index is 0.0426. The number of aromatic nitrogens is 1. The molecule has 0 atom stereocenters. The number of rotatable bonds is 8. The molecule has 1 aromatic heterocycles. The molecule has 0 spiro atoms. The molecule has 0 radical (unpaired) electrons. The third kappa shape index (κ3) is 6.81. The molecule has 2 rings (SSSR count). The van der Waals surface area contributed by atoms with Crippen LogP contribution in [0.25, 0.3) is 0 Å². The molecular weight excluding hydrogens is 350 g/mol. The van der Waals surface area contributed by atoms with Crippen molar-refractivity contribution in [2.45, 2.75) is 25.8 Å². The van der Waals surface area contributed by atoms with Crippen molar-refractivity contribution in [3.8, 4) is 0 Å².